The molecule has 4 rings (SSSR count). The number of hydrogen-bond acceptors (Lipinski definition) is 4. The Morgan fingerprint density at radius 3 is 2.57 bits per heavy atom. The quantitative estimate of drug-likeness (QED) is 0.537. The predicted molar refractivity (Wildman–Crippen MR) is 108 cm³/mol. The molecule has 0 amide bonds. The largest absolute Gasteiger partial charge is 0.493 e. The third-order valence-electron chi connectivity index (χ3n) is 7.99. The highest BCUT2D eigenvalue weighted by Gasteiger charge is 2.54. The number of methoxy groups -OCH3 is 1. The van der Waals surface area contributed by atoms with E-state index >= 15 is 0 Å². The molecule has 1 aromatic rings. The van der Waals surface area contributed by atoms with Crippen LogP contribution in [0.4, 0.5) is 0 Å². The molecule has 3 unspecified atom stereocenters. The molecule has 1 aromatic carbocycles. The first-order valence-corrected chi connectivity index (χ1v) is 10.7. The van der Waals surface area contributed by atoms with Crippen molar-refractivity contribution in [2.24, 2.45) is 23.2 Å². The van der Waals surface area contributed by atoms with E-state index in [1.54, 1.807) is 14.0 Å². The van der Waals surface area contributed by atoms with Crippen LogP contribution >= 0.6 is 0 Å². The maximum Gasteiger partial charge on any atom is 0.308 e. The van der Waals surface area contributed by atoms with Gasteiger partial charge in [0.25, 0.3) is 0 Å². The second-order valence-electron chi connectivity index (χ2n) is 9.44. The van der Waals surface area contributed by atoms with Crippen LogP contribution in [0, 0.1) is 23.2 Å². The Labute approximate surface area is 168 Å². The van der Waals surface area contributed by atoms with Gasteiger partial charge in [-0.25, -0.2) is 0 Å². The van der Waals surface area contributed by atoms with Crippen LogP contribution < -0.4 is 9.47 Å². The number of carbonyl (C=O) groups excluding carboxylic acids is 2. The van der Waals surface area contributed by atoms with Crippen molar-refractivity contribution in [1.82, 2.24) is 0 Å². The molecule has 0 heterocycles. The normalized spacial score (nSPS) is 33.4. The SMILES string of the molecule is COc1cc2c(cc1OC(C)=O)CCC1C2CC[C@@]2(C)C1CC[C@@H]2CC(C)=O. The molecule has 4 heteroatoms. The van der Waals surface area contributed by atoms with E-state index in [-0.39, 0.29) is 5.97 Å². The number of esters is 1. The summed E-state index contributed by atoms with van der Waals surface area (Å²) in [5.74, 6) is 3.72. The molecule has 4 nitrogen and oxygen atoms in total. The average Bonchev–Trinajstić information content (AvgIpc) is 2.96. The van der Waals surface area contributed by atoms with Gasteiger partial charge in [-0.2, -0.15) is 0 Å². The summed E-state index contributed by atoms with van der Waals surface area (Å²) in [6.45, 7) is 5.62. The van der Waals surface area contributed by atoms with E-state index in [9.17, 15) is 9.59 Å². The lowest BCUT2D eigenvalue weighted by molar-refractivity contribution is -0.132. The highest BCUT2D eigenvalue weighted by atomic mass is 16.6. The zero-order valence-electron chi connectivity index (χ0n) is 17.5. The molecule has 0 saturated heterocycles. The molecule has 3 aliphatic rings. The van der Waals surface area contributed by atoms with Gasteiger partial charge in [-0.15, -0.1) is 0 Å². The van der Waals surface area contributed by atoms with Crippen LogP contribution in [0.5, 0.6) is 11.5 Å². The van der Waals surface area contributed by atoms with Crippen LogP contribution in [-0.4, -0.2) is 18.9 Å². The second-order valence-corrected chi connectivity index (χ2v) is 9.44. The fraction of sp³-hybridized carbons (Fsp3) is 0.667. The first-order chi connectivity index (χ1) is 13.3. The maximum absolute atomic E-state index is 11.8. The summed E-state index contributed by atoms with van der Waals surface area (Å²) in [5.41, 5.74) is 3.01. The van der Waals surface area contributed by atoms with Gasteiger partial charge in [0.15, 0.2) is 11.5 Å². The monoisotopic (exact) mass is 384 g/mol. The van der Waals surface area contributed by atoms with Crippen molar-refractivity contribution < 1.29 is 19.1 Å². The molecule has 2 saturated carbocycles. The first-order valence-electron chi connectivity index (χ1n) is 10.7. The number of aryl methyl sites for hydroxylation is 1. The number of fused-ring (bicyclic) bond motifs is 5. The number of benzene rings is 1. The molecule has 0 aromatic heterocycles. The third kappa shape index (κ3) is 3.15. The molecule has 28 heavy (non-hydrogen) atoms. The fourth-order valence-corrected chi connectivity index (χ4v) is 6.76. The van der Waals surface area contributed by atoms with Gasteiger partial charge in [-0.05, 0) is 97.8 Å². The van der Waals surface area contributed by atoms with Crippen molar-refractivity contribution in [3.8, 4) is 11.5 Å². The number of ketones is 1. The summed E-state index contributed by atoms with van der Waals surface area (Å²) in [5, 5.41) is 0. The molecule has 0 N–H and O–H groups in total. The molecule has 0 spiro atoms. The fourth-order valence-electron chi connectivity index (χ4n) is 6.76. The number of ether oxygens (including phenoxy) is 2. The van der Waals surface area contributed by atoms with Crippen molar-refractivity contribution in [3.63, 3.8) is 0 Å². The molecule has 152 valence electrons. The predicted octanol–water partition coefficient (Wildman–Crippen LogP) is 5.07. The smallest absolute Gasteiger partial charge is 0.308 e. The van der Waals surface area contributed by atoms with Crippen LogP contribution in [0.25, 0.3) is 0 Å². The molecule has 0 aliphatic heterocycles. The zero-order chi connectivity index (χ0) is 20.1. The van der Waals surface area contributed by atoms with Gasteiger partial charge in [0.1, 0.15) is 5.78 Å². The molecular weight excluding hydrogens is 352 g/mol. The topological polar surface area (TPSA) is 52.6 Å². The lowest BCUT2D eigenvalue weighted by Gasteiger charge is -2.51. The molecular formula is C24H32O4. The highest BCUT2D eigenvalue weighted by Crippen LogP contribution is 2.63. The standard InChI is InChI=1S/C24H32O4/c1-14(25)11-17-6-8-21-19-7-5-16-12-23(28-15(2)26)22(27-4)13-20(16)18(19)9-10-24(17,21)3/h12-13,17-19,21H,5-11H2,1-4H3/t17-,18?,19?,21?,24-/m1/s1. The van der Waals surface area contributed by atoms with Gasteiger partial charge in [0.2, 0.25) is 0 Å². The van der Waals surface area contributed by atoms with Crippen LogP contribution in [-0.2, 0) is 16.0 Å². The minimum absolute atomic E-state index is 0.312. The summed E-state index contributed by atoms with van der Waals surface area (Å²) >= 11 is 0. The van der Waals surface area contributed by atoms with E-state index < -0.39 is 0 Å². The number of rotatable bonds is 4. The third-order valence-corrected chi connectivity index (χ3v) is 7.99. The second kappa shape index (κ2) is 7.20. The Bertz CT molecular complexity index is 798. The summed E-state index contributed by atoms with van der Waals surface area (Å²) < 4.78 is 10.9. The Morgan fingerprint density at radius 2 is 1.89 bits per heavy atom. The van der Waals surface area contributed by atoms with E-state index in [0.29, 0.717) is 46.4 Å². The Kier molecular flexibility index (Phi) is 5.01. The number of carbonyl (C=O) groups is 2. The molecule has 2 fully saturated rings. The van der Waals surface area contributed by atoms with Gasteiger partial charge in [-0.3, -0.25) is 4.79 Å². The van der Waals surface area contributed by atoms with Crippen LogP contribution in [0.3, 0.4) is 0 Å². The average molecular weight is 385 g/mol. The van der Waals surface area contributed by atoms with Crippen molar-refractivity contribution >= 4 is 11.8 Å². The zero-order valence-corrected chi connectivity index (χ0v) is 17.5. The van der Waals surface area contributed by atoms with Gasteiger partial charge >= 0.3 is 5.97 Å². The summed E-state index contributed by atoms with van der Waals surface area (Å²) in [4.78, 5) is 23.2. The number of hydrogen-bond donors (Lipinski definition) is 0. The van der Waals surface area contributed by atoms with Gasteiger partial charge < -0.3 is 14.3 Å². The minimum Gasteiger partial charge on any atom is -0.493 e. The van der Waals surface area contributed by atoms with Crippen molar-refractivity contribution in [3.05, 3.63) is 23.3 Å². The Morgan fingerprint density at radius 1 is 1.11 bits per heavy atom. The van der Waals surface area contributed by atoms with Crippen molar-refractivity contribution in [1.29, 1.82) is 0 Å². The molecule has 5 atom stereocenters. The van der Waals surface area contributed by atoms with Gasteiger partial charge in [-0.1, -0.05) is 6.92 Å². The summed E-state index contributed by atoms with van der Waals surface area (Å²) in [7, 11) is 1.64. The molecule has 0 radical (unpaired) electrons. The van der Waals surface area contributed by atoms with Crippen LogP contribution in [0.1, 0.15) is 76.3 Å². The van der Waals surface area contributed by atoms with Gasteiger partial charge in [0.05, 0.1) is 7.11 Å². The lowest BCUT2D eigenvalue weighted by atomic mass is 9.54. The first kappa shape index (κ1) is 19.5. The maximum atomic E-state index is 11.8. The highest BCUT2D eigenvalue weighted by molar-refractivity contribution is 5.75. The van der Waals surface area contributed by atoms with E-state index in [1.807, 2.05) is 6.07 Å². The molecule has 0 bridgehead atoms. The van der Waals surface area contributed by atoms with Crippen molar-refractivity contribution in [2.75, 3.05) is 7.11 Å². The summed E-state index contributed by atoms with van der Waals surface area (Å²) in [6, 6.07) is 4.14. The Balaban J connectivity index is 1.64. The van der Waals surface area contributed by atoms with E-state index in [0.717, 1.165) is 12.8 Å². The Hall–Kier alpha value is -1.84. The number of Topliss-reactive ketones (excluding diaryl/α,β-unsaturated/α-hetero) is 1. The van der Waals surface area contributed by atoms with Crippen LogP contribution in [0.15, 0.2) is 12.1 Å². The summed E-state index contributed by atoms with van der Waals surface area (Å²) in [6.07, 6.45) is 7.80. The minimum atomic E-state index is -0.317. The van der Waals surface area contributed by atoms with Crippen molar-refractivity contribution in [2.45, 2.75) is 71.6 Å². The van der Waals surface area contributed by atoms with E-state index in [4.69, 9.17) is 9.47 Å². The molecule has 3 aliphatic carbocycles. The van der Waals surface area contributed by atoms with E-state index in [2.05, 4.69) is 13.0 Å². The van der Waals surface area contributed by atoms with Crippen LogP contribution in [0.2, 0.25) is 0 Å². The van der Waals surface area contributed by atoms with E-state index in [1.165, 1.54) is 50.2 Å². The van der Waals surface area contributed by atoms with Gasteiger partial charge in [0, 0.05) is 13.3 Å². The lowest BCUT2D eigenvalue weighted by Crippen LogP contribution is -2.42.